The molecule has 6 nitrogen and oxygen atoms in total. The van der Waals surface area contributed by atoms with Gasteiger partial charge in [-0.25, -0.2) is 15.0 Å². The number of hydrogen-bond acceptors (Lipinski definition) is 6. The highest BCUT2D eigenvalue weighted by Crippen LogP contribution is 2.34. The largest absolute Gasteiger partial charge is 0.372 e. The first-order valence-electron chi connectivity index (χ1n) is 6.83. The van der Waals surface area contributed by atoms with Gasteiger partial charge in [0.2, 0.25) is 0 Å². The highest BCUT2D eigenvalue weighted by molar-refractivity contribution is 5.43. The van der Waals surface area contributed by atoms with Crippen LogP contribution in [0.2, 0.25) is 0 Å². The standard InChI is InChI=1S/C14H18N6/c1-10-6-14(18-9-17-10)20-5-3-4-12(20)11-7-16-8-13(15-2)19-11/h6-9,12H,3-5H2,1-2H3,(H,15,19)/t12-/m1/s1. The van der Waals surface area contributed by atoms with Crippen molar-refractivity contribution in [3.8, 4) is 0 Å². The molecule has 1 atom stereocenters. The van der Waals surface area contributed by atoms with E-state index in [0.29, 0.717) is 0 Å². The van der Waals surface area contributed by atoms with Gasteiger partial charge in [0, 0.05) is 25.4 Å². The second kappa shape index (κ2) is 5.40. The second-order valence-corrected chi connectivity index (χ2v) is 4.95. The lowest BCUT2D eigenvalue weighted by Crippen LogP contribution is -2.24. The van der Waals surface area contributed by atoms with Crippen molar-refractivity contribution in [1.29, 1.82) is 0 Å². The van der Waals surface area contributed by atoms with Crippen LogP contribution in [0.25, 0.3) is 0 Å². The second-order valence-electron chi connectivity index (χ2n) is 4.95. The molecule has 1 saturated heterocycles. The molecule has 0 bridgehead atoms. The van der Waals surface area contributed by atoms with Gasteiger partial charge in [0.05, 0.1) is 24.1 Å². The summed E-state index contributed by atoms with van der Waals surface area (Å²) in [7, 11) is 1.86. The van der Waals surface area contributed by atoms with Crippen molar-refractivity contribution >= 4 is 11.6 Å². The van der Waals surface area contributed by atoms with Crippen LogP contribution in [-0.2, 0) is 0 Å². The first-order chi connectivity index (χ1) is 9.78. The minimum Gasteiger partial charge on any atom is -0.372 e. The number of rotatable bonds is 3. The molecular formula is C14H18N6. The average Bonchev–Trinajstić information content (AvgIpc) is 2.97. The summed E-state index contributed by atoms with van der Waals surface area (Å²) in [5.74, 6) is 1.77. The predicted octanol–water partition coefficient (Wildman–Crippen LogP) is 1.96. The van der Waals surface area contributed by atoms with Crippen LogP contribution in [0.5, 0.6) is 0 Å². The quantitative estimate of drug-likeness (QED) is 0.919. The van der Waals surface area contributed by atoms with Crippen LogP contribution in [0.15, 0.2) is 24.8 Å². The monoisotopic (exact) mass is 270 g/mol. The topological polar surface area (TPSA) is 66.8 Å². The molecule has 3 rings (SSSR count). The van der Waals surface area contributed by atoms with Gasteiger partial charge in [-0.2, -0.15) is 0 Å². The third kappa shape index (κ3) is 2.41. The van der Waals surface area contributed by atoms with E-state index >= 15 is 0 Å². The Balaban J connectivity index is 1.92. The third-order valence-electron chi connectivity index (χ3n) is 3.59. The van der Waals surface area contributed by atoms with Gasteiger partial charge in [-0.3, -0.25) is 4.98 Å². The summed E-state index contributed by atoms with van der Waals surface area (Å²) in [6, 6.07) is 2.26. The molecule has 0 unspecified atom stereocenters. The minimum absolute atomic E-state index is 0.241. The molecule has 0 radical (unpaired) electrons. The van der Waals surface area contributed by atoms with Crippen LogP contribution in [0.1, 0.15) is 30.3 Å². The zero-order valence-electron chi connectivity index (χ0n) is 11.7. The number of hydrogen-bond donors (Lipinski definition) is 1. The predicted molar refractivity (Wildman–Crippen MR) is 77.7 cm³/mol. The van der Waals surface area contributed by atoms with Gasteiger partial charge >= 0.3 is 0 Å². The van der Waals surface area contributed by atoms with E-state index < -0.39 is 0 Å². The maximum Gasteiger partial charge on any atom is 0.144 e. The Morgan fingerprint density at radius 3 is 3.00 bits per heavy atom. The molecule has 1 fully saturated rings. The summed E-state index contributed by atoms with van der Waals surface area (Å²) in [6.07, 6.45) is 7.41. The number of nitrogens with one attached hydrogen (secondary N) is 1. The Labute approximate surface area is 118 Å². The molecule has 3 heterocycles. The molecule has 1 aliphatic rings. The Morgan fingerprint density at radius 1 is 1.30 bits per heavy atom. The molecule has 0 amide bonds. The van der Waals surface area contributed by atoms with Crippen LogP contribution in [0, 0.1) is 6.92 Å². The Hall–Kier alpha value is -2.24. The van der Waals surface area contributed by atoms with E-state index in [1.807, 2.05) is 26.2 Å². The molecule has 0 saturated carbocycles. The highest BCUT2D eigenvalue weighted by atomic mass is 15.2. The van der Waals surface area contributed by atoms with E-state index in [1.54, 1.807) is 12.5 Å². The Bertz CT molecular complexity index is 600. The van der Waals surface area contributed by atoms with Gasteiger partial charge in [0.15, 0.2) is 0 Å². The fraction of sp³-hybridized carbons (Fsp3) is 0.429. The van der Waals surface area contributed by atoms with Gasteiger partial charge in [-0.1, -0.05) is 0 Å². The van der Waals surface area contributed by atoms with E-state index in [0.717, 1.165) is 42.4 Å². The normalized spacial score (nSPS) is 18.3. The summed E-state index contributed by atoms with van der Waals surface area (Å²) in [5.41, 5.74) is 1.97. The summed E-state index contributed by atoms with van der Waals surface area (Å²) in [6.45, 7) is 2.98. The van der Waals surface area contributed by atoms with Crippen LogP contribution >= 0.6 is 0 Å². The van der Waals surface area contributed by atoms with Crippen molar-refractivity contribution in [2.24, 2.45) is 0 Å². The molecule has 0 aromatic carbocycles. The first-order valence-corrected chi connectivity index (χ1v) is 6.83. The SMILES string of the molecule is CNc1cncc([C@H]2CCCN2c2cc(C)ncn2)n1. The van der Waals surface area contributed by atoms with Gasteiger partial charge in [0.25, 0.3) is 0 Å². The Kier molecular flexibility index (Phi) is 3.45. The molecule has 2 aromatic heterocycles. The summed E-state index contributed by atoms with van der Waals surface area (Å²) >= 11 is 0. The van der Waals surface area contributed by atoms with Crippen LogP contribution in [0.4, 0.5) is 11.6 Å². The number of nitrogens with zero attached hydrogens (tertiary/aromatic N) is 5. The molecule has 1 aliphatic heterocycles. The van der Waals surface area contributed by atoms with Crippen LogP contribution in [-0.4, -0.2) is 33.5 Å². The van der Waals surface area contributed by atoms with E-state index in [2.05, 4.69) is 30.2 Å². The minimum atomic E-state index is 0.241. The van der Waals surface area contributed by atoms with E-state index in [1.165, 1.54) is 0 Å². The average molecular weight is 270 g/mol. The first kappa shape index (κ1) is 12.8. The molecular weight excluding hydrogens is 252 g/mol. The molecule has 6 heteroatoms. The van der Waals surface area contributed by atoms with Gasteiger partial charge in [0.1, 0.15) is 18.0 Å². The van der Waals surface area contributed by atoms with Crippen molar-refractivity contribution in [2.45, 2.75) is 25.8 Å². The van der Waals surface area contributed by atoms with Crippen molar-refractivity contribution in [3.63, 3.8) is 0 Å². The van der Waals surface area contributed by atoms with Gasteiger partial charge in [-0.05, 0) is 19.8 Å². The smallest absolute Gasteiger partial charge is 0.144 e. The number of anilines is 2. The Morgan fingerprint density at radius 2 is 2.20 bits per heavy atom. The van der Waals surface area contributed by atoms with Gasteiger partial charge in [-0.15, -0.1) is 0 Å². The van der Waals surface area contributed by atoms with Crippen LogP contribution in [0.3, 0.4) is 0 Å². The third-order valence-corrected chi connectivity index (χ3v) is 3.59. The molecule has 104 valence electrons. The van der Waals surface area contributed by atoms with Crippen LogP contribution < -0.4 is 10.2 Å². The molecule has 2 aromatic rings. The molecule has 1 N–H and O–H groups in total. The van der Waals surface area contributed by atoms with Crippen molar-refractivity contribution in [2.75, 3.05) is 23.8 Å². The lowest BCUT2D eigenvalue weighted by molar-refractivity contribution is 0.682. The highest BCUT2D eigenvalue weighted by Gasteiger charge is 2.28. The van der Waals surface area contributed by atoms with Gasteiger partial charge < -0.3 is 10.2 Å². The maximum atomic E-state index is 4.61. The van der Waals surface area contributed by atoms with Crippen molar-refractivity contribution in [3.05, 3.63) is 36.2 Å². The molecule has 0 spiro atoms. The van der Waals surface area contributed by atoms with E-state index in [4.69, 9.17) is 0 Å². The summed E-state index contributed by atoms with van der Waals surface area (Å²) < 4.78 is 0. The molecule has 20 heavy (non-hydrogen) atoms. The summed E-state index contributed by atoms with van der Waals surface area (Å²) in [4.78, 5) is 19.7. The lowest BCUT2D eigenvalue weighted by atomic mass is 10.1. The number of aryl methyl sites for hydroxylation is 1. The zero-order valence-corrected chi connectivity index (χ0v) is 11.7. The number of aromatic nitrogens is 4. The fourth-order valence-electron chi connectivity index (χ4n) is 2.61. The van der Waals surface area contributed by atoms with E-state index in [-0.39, 0.29) is 6.04 Å². The summed E-state index contributed by atoms with van der Waals surface area (Å²) in [5, 5.41) is 3.04. The molecule has 0 aliphatic carbocycles. The van der Waals surface area contributed by atoms with Crippen molar-refractivity contribution < 1.29 is 0 Å². The maximum absolute atomic E-state index is 4.61. The fourth-order valence-corrected chi connectivity index (χ4v) is 2.61. The lowest BCUT2D eigenvalue weighted by Gasteiger charge is -2.25. The zero-order chi connectivity index (χ0) is 13.9. The van der Waals surface area contributed by atoms with E-state index in [9.17, 15) is 0 Å². The van der Waals surface area contributed by atoms with Crippen molar-refractivity contribution in [1.82, 2.24) is 19.9 Å².